The van der Waals surface area contributed by atoms with Gasteiger partial charge in [0.1, 0.15) is 0 Å². The van der Waals surface area contributed by atoms with Gasteiger partial charge < -0.3 is 10.6 Å². The van der Waals surface area contributed by atoms with Gasteiger partial charge in [-0.15, -0.1) is 24.0 Å². The molecule has 1 aliphatic carbocycles. The fraction of sp³-hybridized carbons (Fsp3) is 0.750. The summed E-state index contributed by atoms with van der Waals surface area (Å²) in [7, 11) is 3.11. The van der Waals surface area contributed by atoms with E-state index in [4.69, 9.17) is 0 Å². The van der Waals surface area contributed by atoms with Crippen molar-refractivity contribution in [2.75, 3.05) is 7.05 Å². The molecule has 25 heavy (non-hydrogen) atoms. The number of hydrogen-bond acceptors (Lipinski definition) is 2. The first-order valence-electron chi connectivity index (χ1n) is 8.40. The minimum atomic E-state index is -4.45. The molecule has 1 fully saturated rings. The van der Waals surface area contributed by atoms with Crippen LogP contribution in [0.2, 0.25) is 0 Å². The number of nitrogens with one attached hydrogen (secondary N) is 2. The zero-order chi connectivity index (χ0) is 17.7. The highest BCUT2D eigenvalue weighted by atomic mass is 127. The first-order valence-corrected chi connectivity index (χ1v) is 8.40. The van der Waals surface area contributed by atoms with Crippen LogP contribution in [0.1, 0.15) is 50.3 Å². The third-order valence-corrected chi connectivity index (χ3v) is 4.61. The van der Waals surface area contributed by atoms with E-state index < -0.39 is 11.9 Å². The zero-order valence-electron chi connectivity index (χ0n) is 14.9. The molecule has 9 heteroatoms. The second-order valence-corrected chi connectivity index (χ2v) is 6.37. The van der Waals surface area contributed by atoms with E-state index in [9.17, 15) is 13.2 Å². The predicted octanol–water partition coefficient (Wildman–Crippen LogP) is 3.69. The molecule has 0 bridgehead atoms. The molecule has 1 saturated carbocycles. The van der Waals surface area contributed by atoms with Crippen LogP contribution in [0.3, 0.4) is 0 Å². The van der Waals surface area contributed by atoms with Gasteiger partial charge in [0.15, 0.2) is 11.7 Å². The highest BCUT2D eigenvalue weighted by Crippen LogP contribution is 2.30. The molecule has 2 rings (SSSR count). The Morgan fingerprint density at radius 2 is 1.96 bits per heavy atom. The van der Waals surface area contributed by atoms with Crippen molar-refractivity contribution in [2.45, 2.75) is 57.8 Å². The van der Waals surface area contributed by atoms with Crippen LogP contribution >= 0.6 is 24.0 Å². The summed E-state index contributed by atoms with van der Waals surface area (Å²) in [5.41, 5.74) is -0.737. The van der Waals surface area contributed by atoms with E-state index in [1.54, 1.807) is 7.05 Å². The monoisotopic (exact) mass is 473 g/mol. The number of rotatable bonds is 4. The van der Waals surface area contributed by atoms with E-state index in [2.05, 4.69) is 27.6 Å². The van der Waals surface area contributed by atoms with Gasteiger partial charge in [0, 0.05) is 38.4 Å². The molecule has 1 aromatic heterocycles. The predicted molar refractivity (Wildman–Crippen MR) is 103 cm³/mol. The molecule has 1 aliphatic rings. The van der Waals surface area contributed by atoms with E-state index in [1.807, 2.05) is 0 Å². The summed E-state index contributed by atoms with van der Waals surface area (Å²) in [6, 6.07) is 0.329. The third kappa shape index (κ3) is 6.34. The first kappa shape index (κ1) is 22.0. The van der Waals surface area contributed by atoms with E-state index in [0.29, 0.717) is 12.0 Å². The van der Waals surface area contributed by atoms with Crippen molar-refractivity contribution in [3.05, 3.63) is 17.5 Å². The Morgan fingerprint density at radius 3 is 2.48 bits per heavy atom. The molecule has 0 unspecified atom stereocenters. The number of guanidine groups is 1. The summed E-state index contributed by atoms with van der Waals surface area (Å²) in [5.74, 6) is 1.33. The Morgan fingerprint density at radius 1 is 1.32 bits per heavy atom. The summed E-state index contributed by atoms with van der Waals surface area (Å²) in [4.78, 5) is 4.12. The molecule has 0 radical (unpaired) electrons. The molecule has 0 aromatic carbocycles. The van der Waals surface area contributed by atoms with Crippen LogP contribution in [0.25, 0.3) is 0 Å². The van der Waals surface area contributed by atoms with Crippen LogP contribution in [-0.2, 0) is 19.8 Å². The highest BCUT2D eigenvalue weighted by molar-refractivity contribution is 14.0. The molecule has 0 atom stereocenters. The second kappa shape index (κ2) is 9.63. The molecule has 0 amide bonds. The van der Waals surface area contributed by atoms with E-state index in [0.717, 1.165) is 18.8 Å². The average molecular weight is 473 g/mol. The highest BCUT2D eigenvalue weighted by Gasteiger charge is 2.36. The largest absolute Gasteiger partial charge is 0.435 e. The maximum Gasteiger partial charge on any atom is 0.435 e. The van der Waals surface area contributed by atoms with Crippen molar-refractivity contribution in [1.82, 2.24) is 20.4 Å². The fourth-order valence-electron chi connectivity index (χ4n) is 3.19. The van der Waals surface area contributed by atoms with Crippen molar-refractivity contribution < 1.29 is 13.2 Å². The SMILES string of the molecule is CCC1CCC(NC(=NC)NCc2cn(C)nc2C(F)(F)F)CC1.I. The van der Waals surface area contributed by atoms with E-state index >= 15 is 0 Å². The van der Waals surface area contributed by atoms with Gasteiger partial charge in [0.05, 0.1) is 0 Å². The van der Waals surface area contributed by atoms with E-state index in [1.165, 1.54) is 37.2 Å². The van der Waals surface area contributed by atoms with Crippen LogP contribution in [0.15, 0.2) is 11.2 Å². The molecule has 2 N–H and O–H groups in total. The molecule has 144 valence electrons. The first-order chi connectivity index (χ1) is 11.3. The fourth-order valence-corrected chi connectivity index (χ4v) is 3.19. The van der Waals surface area contributed by atoms with Gasteiger partial charge >= 0.3 is 6.18 Å². The molecule has 1 aromatic rings. The average Bonchev–Trinajstić information content (AvgIpc) is 2.93. The van der Waals surface area contributed by atoms with Gasteiger partial charge in [-0.1, -0.05) is 13.3 Å². The Labute approximate surface area is 163 Å². The van der Waals surface area contributed by atoms with Crippen LogP contribution < -0.4 is 10.6 Å². The van der Waals surface area contributed by atoms with Crippen LogP contribution in [-0.4, -0.2) is 28.8 Å². The summed E-state index contributed by atoms with van der Waals surface area (Å²) in [5, 5.41) is 9.80. The quantitative estimate of drug-likeness (QED) is 0.399. The number of nitrogens with zero attached hydrogens (tertiary/aromatic N) is 3. The van der Waals surface area contributed by atoms with Crippen LogP contribution in [0.5, 0.6) is 0 Å². The van der Waals surface area contributed by atoms with Gasteiger partial charge in [-0.3, -0.25) is 9.67 Å². The topological polar surface area (TPSA) is 54.2 Å². The maximum absolute atomic E-state index is 13.0. The van der Waals surface area contributed by atoms with Gasteiger partial charge in [-0.05, 0) is 31.6 Å². The summed E-state index contributed by atoms with van der Waals surface area (Å²) in [6.07, 6.45) is 2.65. The van der Waals surface area contributed by atoms with Gasteiger partial charge in [0.25, 0.3) is 0 Å². The van der Waals surface area contributed by atoms with Gasteiger partial charge in [0.2, 0.25) is 0 Å². The number of hydrogen-bond donors (Lipinski definition) is 2. The third-order valence-electron chi connectivity index (χ3n) is 4.61. The normalized spacial score (nSPS) is 21.6. The summed E-state index contributed by atoms with van der Waals surface area (Å²) in [6.45, 7) is 2.25. The lowest BCUT2D eigenvalue weighted by Gasteiger charge is -2.29. The Hall–Kier alpha value is -1.00. The lowest BCUT2D eigenvalue weighted by atomic mass is 9.84. The van der Waals surface area contributed by atoms with E-state index in [-0.39, 0.29) is 36.1 Å². The zero-order valence-corrected chi connectivity index (χ0v) is 17.2. The molecule has 5 nitrogen and oxygen atoms in total. The maximum atomic E-state index is 13.0. The van der Waals surface area contributed by atoms with Crippen molar-refractivity contribution >= 4 is 29.9 Å². The Balaban J connectivity index is 0.00000312. The summed E-state index contributed by atoms with van der Waals surface area (Å²) < 4.78 is 40.1. The van der Waals surface area contributed by atoms with Crippen molar-refractivity contribution in [3.63, 3.8) is 0 Å². The van der Waals surface area contributed by atoms with Crippen molar-refractivity contribution in [3.8, 4) is 0 Å². The van der Waals surface area contributed by atoms with Gasteiger partial charge in [-0.25, -0.2) is 0 Å². The minimum absolute atomic E-state index is 0. The van der Waals surface area contributed by atoms with Gasteiger partial charge in [-0.2, -0.15) is 18.3 Å². The molecule has 0 spiro atoms. The smallest absolute Gasteiger partial charge is 0.354 e. The number of alkyl halides is 3. The molecular formula is C16H27F3IN5. The second-order valence-electron chi connectivity index (χ2n) is 6.37. The molecule has 1 heterocycles. The number of halogens is 4. The Kier molecular flexibility index (Phi) is 8.49. The lowest BCUT2D eigenvalue weighted by molar-refractivity contribution is -0.142. The molecule has 0 aliphatic heterocycles. The number of aliphatic imine (C=N–C) groups is 1. The number of aryl methyl sites for hydroxylation is 1. The minimum Gasteiger partial charge on any atom is -0.354 e. The van der Waals surface area contributed by atoms with Crippen LogP contribution in [0, 0.1) is 5.92 Å². The van der Waals surface area contributed by atoms with Crippen molar-refractivity contribution in [1.29, 1.82) is 0 Å². The Bertz CT molecular complexity index is 563. The van der Waals surface area contributed by atoms with Crippen molar-refractivity contribution in [2.24, 2.45) is 18.0 Å². The van der Waals surface area contributed by atoms with Crippen LogP contribution in [0.4, 0.5) is 13.2 Å². The number of aromatic nitrogens is 2. The standard InChI is InChI=1S/C16H26F3N5.HI/c1-4-11-5-7-13(8-6-11)22-15(20-2)21-9-12-10-24(3)23-14(12)16(17,18)19;/h10-11,13H,4-9H2,1-3H3,(H2,20,21,22);1H. The summed E-state index contributed by atoms with van der Waals surface area (Å²) >= 11 is 0. The lowest BCUT2D eigenvalue weighted by Crippen LogP contribution is -2.44. The molecular weight excluding hydrogens is 446 g/mol. The molecule has 0 saturated heterocycles.